The van der Waals surface area contributed by atoms with Gasteiger partial charge in [0.05, 0.1) is 5.52 Å². The van der Waals surface area contributed by atoms with Gasteiger partial charge in [-0.2, -0.15) is 5.10 Å². The zero-order valence-corrected chi connectivity index (χ0v) is 20.7. The van der Waals surface area contributed by atoms with E-state index in [-0.39, 0.29) is 17.8 Å². The quantitative estimate of drug-likeness (QED) is 0.425. The van der Waals surface area contributed by atoms with Crippen LogP contribution >= 0.6 is 0 Å². The molecule has 1 aliphatic rings. The third kappa shape index (κ3) is 6.77. The molecule has 0 spiro atoms. The first-order valence-electron chi connectivity index (χ1n) is 11.1. The fourth-order valence-electron chi connectivity index (χ4n) is 3.73. The predicted molar refractivity (Wildman–Crippen MR) is 124 cm³/mol. The van der Waals surface area contributed by atoms with Crippen LogP contribution in [0.3, 0.4) is 0 Å². The van der Waals surface area contributed by atoms with Crippen LogP contribution < -0.4 is 0 Å². The van der Waals surface area contributed by atoms with Crippen molar-refractivity contribution >= 4 is 25.1 Å². The van der Waals surface area contributed by atoms with E-state index in [1.54, 1.807) is 15.6 Å². The van der Waals surface area contributed by atoms with Gasteiger partial charge < -0.3 is 14.4 Å². The van der Waals surface area contributed by atoms with E-state index in [0.717, 1.165) is 23.6 Å². The Morgan fingerprint density at radius 3 is 2.52 bits per heavy atom. The fourth-order valence-corrected chi connectivity index (χ4v) is 4.48. The van der Waals surface area contributed by atoms with Crippen LogP contribution in [-0.2, 0) is 16.2 Å². The minimum atomic E-state index is -1.12. The van der Waals surface area contributed by atoms with Crippen molar-refractivity contribution < 1.29 is 18.7 Å². The van der Waals surface area contributed by atoms with Gasteiger partial charge in [0, 0.05) is 39.4 Å². The van der Waals surface area contributed by atoms with E-state index in [1.807, 2.05) is 33.0 Å². The maximum atomic E-state index is 14.9. The molecule has 0 N–H and O–H groups in total. The normalized spacial score (nSPS) is 16.2. The second kappa shape index (κ2) is 9.28. The van der Waals surface area contributed by atoms with Crippen LogP contribution in [0.15, 0.2) is 18.3 Å². The second-order valence-electron chi connectivity index (χ2n) is 10.7. The van der Waals surface area contributed by atoms with Crippen molar-refractivity contribution in [1.29, 1.82) is 0 Å². The van der Waals surface area contributed by atoms with Crippen molar-refractivity contribution in [2.75, 3.05) is 19.7 Å². The van der Waals surface area contributed by atoms with Gasteiger partial charge in [-0.15, -0.1) is 0 Å². The van der Waals surface area contributed by atoms with Crippen molar-refractivity contribution in [3.8, 4) is 0 Å². The van der Waals surface area contributed by atoms with Gasteiger partial charge in [-0.25, -0.2) is 13.9 Å². The highest BCUT2D eigenvalue weighted by Crippen LogP contribution is 2.32. The van der Waals surface area contributed by atoms with E-state index >= 15 is 0 Å². The molecular weight excluding hydrogens is 413 g/mol. The molecule has 1 aromatic heterocycles. The number of piperidine rings is 1. The van der Waals surface area contributed by atoms with Gasteiger partial charge in [0.25, 0.3) is 0 Å². The van der Waals surface area contributed by atoms with Crippen molar-refractivity contribution in [1.82, 2.24) is 14.7 Å². The van der Waals surface area contributed by atoms with Crippen molar-refractivity contribution in [3.05, 3.63) is 29.7 Å². The van der Waals surface area contributed by atoms with E-state index < -0.39 is 13.7 Å². The highest BCUT2D eigenvalue weighted by atomic mass is 28.3. The fraction of sp³-hybridized carbons (Fsp3) is 0.652. The Labute approximate surface area is 185 Å². The van der Waals surface area contributed by atoms with Gasteiger partial charge in [-0.1, -0.05) is 19.6 Å². The first kappa shape index (κ1) is 23.7. The van der Waals surface area contributed by atoms with Gasteiger partial charge in [-0.3, -0.25) is 0 Å². The molecule has 0 atom stereocenters. The maximum Gasteiger partial charge on any atom is 0.410 e. The summed E-state index contributed by atoms with van der Waals surface area (Å²) >= 11 is 0. The molecule has 1 amide bonds. The highest BCUT2D eigenvalue weighted by molar-refractivity contribution is 6.76. The molecule has 1 aliphatic heterocycles. The van der Waals surface area contributed by atoms with E-state index in [9.17, 15) is 9.18 Å². The second-order valence-corrected chi connectivity index (χ2v) is 16.3. The summed E-state index contributed by atoms with van der Waals surface area (Å²) in [5.41, 5.74) is 0.948. The molecule has 0 aliphatic carbocycles. The number of hydrogen-bond donors (Lipinski definition) is 0. The van der Waals surface area contributed by atoms with Crippen LogP contribution in [0.4, 0.5) is 9.18 Å². The highest BCUT2D eigenvalue weighted by Gasteiger charge is 2.29. The van der Waals surface area contributed by atoms with Gasteiger partial charge >= 0.3 is 6.09 Å². The number of aromatic nitrogens is 2. The number of carbonyl (C=O) groups is 1. The molecule has 0 bridgehead atoms. The Hall–Kier alpha value is -1.93. The molecule has 172 valence electrons. The molecule has 2 heterocycles. The Morgan fingerprint density at radius 2 is 1.90 bits per heavy atom. The summed E-state index contributed by atoms with van der Waals surface area (Å²) in [4.78, 5) is 14.0. The summed E-state index contributed by atoms with van der Waals surface area (Å²) in [7, 11) is -1.12. The average molecular weight is 450 g/mol. The number of likely N-dealkylation sites (tertiary alicyclic amines) is 1. The van der Waals surface area contributed by atoms with Crippen LogP contribution in [0.25, 0.3) is 10.9 Å². The lowest BCUT2D eigenvalue weighted by Crippen LogP contribution is -2.41. The van der Waals surface area contributed by atoms with E-state index in [4.69, 9.17) is 9.47 Å². The number of hydrogen-bond acceptors (Lipinski definition) is 4. The molecule has 0 saturated carbocycles. The topological polar surface area (TPSA) is 56.6 Å². The van der Waals surface area contributed by atoms with Crippen molar-refractivity contribution in [3.63, 3.8) is 0 Å². The summed E-state index contributed by atoms with van der Waals surface area (Å²) in [5, 5.41) is 5.36. The molecule has 1 fully saturated rings. The van der Waals surface area contributed by atoms with Crippen LogP contribution in [0.5, 0.6) is 0 Å². The third-order valence-electron chi connectivity index (χ3n) is 5.48. The standard InChI is InChI=1S/C23H36FN3O3Si/c1-23(2,3)30-22(28)26-9-7-17(8-10-26)19-14-21-18(13-20(19)24)15-27(25-21)16-29-11-12-31(4,5)6/h13-15,17H,7-12,16H2,1-6H3. The minimum Gasteiger partial charge on any atom is -0.444 e. The number of benzene rings is 1. The Morgan fingerprint density at radius 1 is 1.23 bits per heavy atom. The number of fused-ring (bicyclic) bond motifs is 1. The molecule has 1 aromatic carbocycles. The summed E-state index contributed by atoms with van der Waals surface area (Å²) in [6.45, 7) is 14.8. The predicted octanol–water partition coefficient (Wildman–Crippen LogP) is 5.60. The average Bonchev–Trinajstić information content (AvgIpc) is 3.04. The molecular formula is C23H36FN3O3Si. The molecule has 0 unspecified atom stereocenters. The van der Waals surface area contributed by atoms with Crippen LogP contribution in [0.1, 0.15) is 45.1 Å². The number of carbonyl (C=O) groups excluding carboxylic acids is 1. The SMILES string of the molecule is CC(C)(C)OC(=O)N1CCC(c2cc3nn(COCC[Si](C)(C)C)cc3cc2F)CC1. The molecule has 1 saturated heterocycles. The number of halogens is 1. The van der Waals surface area contributed by atoms with Crippen LogP contribution in [-0.4, -0.2) is 54.1 Å². The zero-order valence-electron chi connectivity index (χ0n) is 19.7. The van der Waals surface area contributed by atoms with Crippen LogP contribution in [0, 0.1) is 5.82 Å². The van der Waals surface area contributed by atoms with Crippen LogP contribution in [0.2, 0.25) is 25.7 Å². The largest absolute Gasteiger partial charge is 0.444 e. The number of amides is 1. The molecule has 0 radical (unpaired) electrons. The van der Waals surface area contributed by atoms with E-state index in [1.165, 1.54) is 0 Å². The summed E-state index contributed by atoms with van der Waals surface area (Å²) in [6.07, 6.45) is 2.96. The zero-order chi connectivity index (χ0) is 22.8. The van der Waals surface area contributed by atoms with Gasteiger partial charge in [0.2, 0.25) is 0 Å². The van der Waals surface area contributed by atoms with Gasteiger partial charge in [-0.05, 0) is 63.3 Å². The lowest BCUT2D eigenvalue weighted by molar-refractivity contribution is 0.0204. The number of rotatable bonds is 6. The summed E-state index contributed by atoms with van der Waals surface area (Å²) in [6, 6.07) is 4.53. The summed E-state index contributed by atoms with van der Waals surface area (Å²) in [5.74, 6) is -0.136. The molecule has 3 rings (SSSR count). The van der Waals surface area contributed by atoms with Gasteiger partial charge in [0.1, 0.15) is 18.1 Å². The Kier molecular flexibility index (Phi) is 7.10. The molecule has 31 heavy (non-hydrogen) atoms. The van der Waals surface area contributed by atoms with Gasteiger partial charge in [0.15, 0.2) is 0 Å². The number of ether oxygens (including phenoxy) is 2. The first-order valence-corrected chi connectivity index (χ1v) is 14.8. The smallest absolute Gasteiger partial charge is 0.410 e. The Balaban J connectivity index is 1.61. The van der Waals surface area contributed by atoms with Crippen molar-refractivity contribution in [2.45, 2.75) is 77.5 Å². The van der Waals surface area contributed by atoms with E-state index in [2.05, 4.69) is 24.7 Å². The first-order chi connectivity index (χ1) is 14.4. The Bertz CT molecular complexity index is 909. The third-order valence-corrected chi connectivity index (χ3v) is 7.18. The number of nitrogens with zero attached hydrogens (tertiary/aromatic N) is 3. The monoisotopic (exact) mass is 449 g/mol. The lowest BCUT2D eigenvalue weighted by Gasteiger charge is -2.33. The van der Waals surface area contributed by atoms with E-state index in [0.29, 0.717) is 38.2 Å². The molecule has 2 aromatic rings. The maximum absolute atomic E-state index is 14.9. The van der Waals surface area contributed by atoms with Crippen molar-refractivity contribution in [2.24, 2.45) is 0 Å². The molecule has 8 heteroatoms. The minimum absolute atomic E-state index is 0.0706. The summed E-state index contributed by atoms with van der Waals surface area (Å²) < 4.78 is 27.8. The molecule has 6 nitrogen and oxygen atoms in total. The lowest BCUT2D eigenvalue weighted by atomic mass is 9.88.